The molecule has 0 fully saturated rings. The van der Waals surface area contributed by atoms with Crippen molar-refractivity contribution in [1.82, 2.24) is 0 Å². The first-order valence-electron chi connectivity index (χ1n) is 5.50. The van der Waals surface area contributed by atoms with Crippen molar-refractivity contribution in [2.75, 3.05) is 13.2 Å². The number of halogens is 1. The molecular formula is C12H15BClNO3. The molecule has 0 spiro atoms. The second-order valence-corrected chi connectivity index (χ2v) is 5.21. The SMILES string of the molecule is CC(C)(CO)COB(O)c1cccc(Cl)c1C#N. The van der Waals surface area contributed by atoms with E-state index < -0.39 is 12.5 Å². The molecule has 0 aliphatic carbocycles. The molecule has 0 saturated heterocycles. The van der Waals surface area contributed by atoms with Crippen LogP contribution in [0, 0.1) is 16.7 Å². The molecule has 0 heterocycles. The fourth-order valence-corrected chi connectivity index (χ4v) is 1.53. The highest BCUT2D eigenvalue weighted by atomic mass is 35.5. The molecule has 4 nitrogen and oxygen atoms in total. The topological polar surface area (TPSA) is 73.5 Å². The van der Waals surface area contributed by atoms with Crippen LogP contribution < -0.4 is 5.46 Å². The van der Waals surface area contributed by atoms with E-state index in [1.807, 2.05) is 19.9 Å². The van der Waals surface area contributed by atoms with Gasteiger partial charge < -0.3 is 14.8 Å². The van der Waals surface area contributed by atoms with Gasteiger partial charge in [-0.15, -0.1) is 0 Å². The van der Waals surface area contributed by atoms with E-state index in [0.29, 0.717) is 5.46 Å². The van der Waals surface area contributed by atoms with Gasteiger partial charge in [0.25, 0.3) is 0 Å². The van der Waals surface area contributed by atoms with Crippen LogP contribution in [0.1, 0.15) is 19.4 Å². The predicted molar refractivity (Wildman–Crippen MR) is 70.6 cm³/mol. The summed E-state index contributed by atoms with van der Waals surface area (Å²) < 4.78 is 5.27. The van der Waals surface area contributed by atoms with Crippen molar-refractivity contribution in [3.05, 3.63) is 28.8 Å². The summed E-state index contributed by atoms with van der Waals surface area (Å²) in [5.74, 6) is 0. The van der Waals surface area contributed by atoms with E-state index >= 15 is 0 Å². The standard InChI is InChI=1S/C12H15BClNO3/c1-12(2,7-16)8-18-13(17)10-4-3-5-11(14)9(10)6-15/h3-5,16-17H,7-8H2,1-2H3. The molecule has 18 heavy (non-hydrogen) atoms. The second-order valence-electron chi connectivity index (χ2n) is 4.80. The van der Waals surface area contributed by atoms with Crippen molar-refractivity contribution in [2.45, 2.75) is 13.8 Å². The van der Waals surface area contributed by atoms with Crippen LogP contribution in [0.15, 0.2) is 18.2 Å². The highest BCUT2D eigenvalue weighted by Crippen LogP contribution is 2.16. The first-order valence-corrected chi connectivity index (χ1v) is 5.88. The summed E-state index contributed by atoms with van der Waals surface area (Å²) in [7, 11) is -1.23. The van der Waals surface area contributed by atoms with E-state index in [4.69, 9.17) is 26.6 Å². The number of aliphatic hydroxyl groups is 1. The number of nitrogens with zero attached hydrogens (tertiary/aromatic N) is 1. The summed E-state index contributed by atoms with van der Waals surface area (Å²) in [5, 5.41) is 28.2. The molecule has 0 unspecified atom stereocenters. The van der Waals surface area contributed by atoms with Gasteiger partial charge in [-0.2, -0.15) is 5.26 Å². The zero-order valence-electron chi connectivity index (χ0n) is 10.4. The number of hydrogen-bond acceptors (Lipinski definition) is 4. The van der Waals surface area contributed by atoms with Crippen LogP contribution >= 0.6 is 11.6 Å². The maximum Gasteiger partial charge on any atom is 0.492 e. The molecule has 1 aromatic carbocycles. The smallest absolute Gasteiger partial charge is 0.423 e. The van der Waals surface area contributed by atoms with Gasteiger partial charge in [-0.1, -0.05) is 37.6 Å². The van der Waals surface area contributed by atoms with Gasteiger partial charge in [0.15, 0.2) is 0 Å². The Kier molecular flexibility index (Phi) is 5.18. The Labute approximate surface area is 112 Å². The minimum absolute atomic E-state index is 0.0552. The van der Waals surface area contributed by atoms with Gasteiger partial charge in [0.1, 0.15) is 6.07 Å². The minimum atomic E-state index is -1.23. The fourth-order valence-electron chi connectivity index (χ4n) is 1.30. The summed E-state index contributed by atoms with van der Waals surface area (Å²) in [5.41, 5.74) is 0.0824. The third kappa shape index (κ3) is 3.72. The van der Waals surface area contributed by atoms with Gasteiger partial charge in [0, 0.05) is 17.5 Å². The number of nitriles is 1. The van der Waals surface area contributed by atoms with Gasteiger partial charge >= 0.3 is 7.12 Å². The summed E-state index contributed by atoms with van der Waals surface area (Å²) >= 11 is 5.86. The molecule has 6 heteroatoms. The lowest BCUT2D eigenvalue weighted by Crippen LogP contribution is -2.39. The van der Waals surface area contributed by atoms with Crippen molar-refractivity contribution < 1.29 is 14.8 Å². The highest BCUT2D eigenvalue weighted by Gasteiger charge is 2.25. The van der Waals surface area contributed by atoms with E-state index in [-0.39, 0.29) is 23.8 Å². The van der Waals surface area contributed by atoms with Crippen LogP contribution in [-0.2, 0) is 4.65 Å². The zero-order valence-corrected chi connectivity index (χ0v) is 11.1. The van der Waals surface area contributed by atoms with E-state index in [1.165, 1.54) is 0 Å². The lowest BCUT2D eigenvalue weighted by Gasteiger charge is -2.22. The second kappa shape index (κ2) is 6.21. The van der Waals surface area contributed by atoms with Crippen LogP contribution in [0.4, 0.5) is 0 Å². The van der Waals surface area contributed by atoms with Gasteiger partial charge in [0.2, 0.25) is 0 Å². The summed E-state index contributed by atoms with van der Waals surface area (Å²) in [6.45, 7) is 3.73. The molecule has 1 aromatic rings. The molecule has 0 atom stereocenters. The van der Waals surface area contributed by atoms with Crippen LogP contribution in [0.2, 0.25) is 5.02 Å². The number of hydrogen-bond donors (Lipinski definition) is 2. The highest BCUT2D eigenvalue weighted by molar-refractivity contribution is 6.61. The first kappa shape index (κ1) is 15.0. The normalized spacial score (nSPS) is 11.1. The van der Waals surface area contributed by atoms with Crippen LogP contribution in [-0.4, -0.2) is 30.5 Å². The summed E-state index contributed by atoms with van der Waals surface area (Å²) in [6.07, 6.45) is 0. The van der Waals surface area contributed by atoms with E-state index in [1.54, 1.807) is 18.2 Å². The third-order valence-corrected chi connectivity index (χ3v) is 2.80. The molecular weight excluding hydrogens is 252 g/mol. The van der Waals surface area contributed by atoms with E-state index in [2.05, 4.69) is 0 Å². The summed E-state index contributed by atoms with van der Waals surface area (Å²) in [4.78, 5) is 0. The molecule has 0 amide bonds. The lowest BCUT2D eigenvalue weighted by atomic mass is 9.76. The Balaban J connectivity index is 2.83. The van der Waals surface area contributed by atoms with Crippen LogP contribution in [0.3, 0.4) is 0 Å². The Morgan fingerprint density at radius 1 is 1.50 bits per heavy atom. The van der Waals surface area contributed by atoms with Gasteiger partial charge in [-0.25, -0.2) is 0 Å². The van der Waals surface area contributed by atoms with Crippen LogP contribution in [0.5, 0.6) is 0 Å². The maximum absolute atomic E-state index is 9.90. The average Bonchev–Trinajstić information content (AvgIpc) is 2.35. The van der Waals surface area contributed by atoms with E-state index in [0.717, 1.165) is 0 Å². The molecule has 0 aliphatic rings. The number of rotatable bonds is 5. The quantitative estimate of drug-likeness (QED) is 0.779. The molecule has 0 aliphatic heterocycles. The molecule has 0 saturated carbocycles. The molecule has 0 bridgehead atoms. The molecule has 1 rings (SSSR count). The molecule has 0 radical (unpaired) electrons. The molecule has 96 valence electrons. The largest absolute Gasteiger partial charge is 0.492 e. The number of aliphatic hydroxyl groups excluding tert-OH is 1. The van der Waals surface area contributed by atoms with Crippen molar-refractivity contribution in [3.8, 4) is 6.07 Å². The fraction of sp³-hybridized carbons (Fsp3) is 0.417. The van der Waals surface area contributed by atoms with Crippen molar-refractivity contribution in [2.24, 2.45) is 5.41 Å². The average molecular weight is 268 g/mol. The Morgan fingerprint density at radius 3 is 2.72 bits per heavy atom. The molecule has 0 aromatic heterocycles. The van der Waals surface area contributed by atoms with Gasteiger partial charge in [0.05, 0.1) is 17.2 Å². The number of benzene rings is 1. The predicted octanol–water partition coefficient (Wildman–Crippen LogP) is 0.934. The Morgan fingerprint density at radius 2 is 2.17 bits per heavy atom. The van der Waals surface area contributed by atoms with Gasteiger partial charge in [-0.3, -0.25) is 0 Å². The van der Waals surface area contributed by atoms with Crippen molar-refractivity contribution in [1.29, 1.82) is 5.26 Å². The minimum Gasteiger partial charge on any atom is -0.423 e. The van der Waals surface area contributed by atoms with Crippen molar-refractivity contribution in [3.63, 3.8) is 0 Å². The zero-order chi connectivity index (χ0) is 13.8. The lowest BCUT2D eigenvalue weighted by molar-refractivity contribution is 0.0886. The van der Waals surface area contributed by atoms with E-state index in [9.17, 15) is 5.02 Å². The first-order chi connectivity index (χ1) is 8.41. The van der Waals surface area contributed by atoms with Crippen LogP contribution in [0.25, 0.3) is 0 Å². The van der Waals surface area contributed by atoms with Gasteiger partial charge in [-0.05, 0) is 6.07 Å². The summed E-state index contributed by atoms with van der Waals surface area (Å²) in [6, 6.07) is 6.74. The van der Waals surface area contributed by atoms with Crippen molar-refractivity contribution >= 4 is 24.2 Å². The maximum atomic E-state index is 9.90. The Bertz CT molecular complexity index is 459. The Hall–Kier alpha value is -1.06. The third-order valence-electron chi connectivity index (χ3n) is 2.48. The monoisotopic (exact) mass is 267 g/mol. The molecule has 2 N–H and O–H groups in total.